The number of fused-ring (bicyclic) bond motifs is 1. The summed E-state index contributed by atoms with van der Waals surface area (Å²) in [6, 6.07) is 9.22. The van der Waals surface area contributed by atoms with E-state index >= 15 is 0 Å². The van der Waals surface area contributed by atoms with Crippen molar-refractivity contribution in [3.05, 3.63) is 41.6 Å². The summed E-state index contributed by atoms with van der Waals surface area (Å²) >= 11 is 6.05. The lowest BCUT2D eigenvalue weighted by atomic mass is 10.0. The zero-order valence-corrected chi connectivity index (χ0v) is 13.9. The molecule has 0 fully saturated rings. The van der Waals surface area contributed by atoms with Crippen LogP contribution < -0.4 is 5.32 Å². The molecule has 0 aliphatic heterocycles. The monoisotopic (exact) mass is 330 g/mol. The molecule has 23 heavy (non-hydrogen) atoms. The molecule has 0 radical (unpaired) electrons. The maximum absolute atomic E-state index is 9.62. The number of nitrogens with one attached hydrogen (secondary N) is 2. The molecule has 1 aromatic carbocycles. The molecule has 0 saturated heterocycles. The molecule has 0 bridgehead atoms. The van der Waals surface area contributed by atoms with Crippen molar-refractivity contribution in [3.63, 3.8) is 0 Å². The molecule has 120 valence electrons. The van der Waals surface area contributed by atoms with Crippen molar-refractivity contribution in [2.45, 2.75) is 0 Å². The molecule has 3 aromatic rings. The van der Waals surface area contributed by atoms with E-state index < -0.39 is 0 Å². The fraction of sp³-hybridized carbons (Fsp3) is 0.235. The Bertz CT molecular complexity index is 829. The first-order chi connectivity index (χ1) is 11.0. The summed E-state index contributed by atoms with van der Waals surface area (Å²) in [4.78, 5) is 9.85. The minimum Gasteiger partial charge on any atom is -0.506 e. The van der Waals surface area contributed by atoms with E-state index in [4.69, 9.17) is 11.6 Å². The number of likely N-dealkylation sites (N-methyl/N-ethyl adjacent to an activating group) is 1. The second-order valence-electron chi connectivity index (χ2n) is 5.69. The number of nitrogens with zero attached hydrogens (tertiary/aromatic N) is 2. The van der Waals surface area contributed by atoms with Gasteiger partial charge < -0.3 is 20.3 Å². The summed E-state index contributed by atoms with van der Waals surface area (Å²) in [6.07, 6.45) is 1.87. The summed E-state index contributed by atoms with van der Waals surface area (Å²) in [7, 11) is 4.07. The third-order valence-electron chi connectivity index (χ3n) is 3.65. The Kier molecular flexibility index (Phi) is 4.41. The summed E-state index contributed by atoms with van der Waals surface area (Å²) in [5.41, 5.74) is 2.78. The highest BCUT2D eigenvalue weighted by Crippen LogP contribution is 2.34. The number of aromatic nitrogens is 2. The van der Waals surface area contributed by atoms with E-state index in [0.29, 0.717) is 5.02 Å². The van der Waals surface area contributed by atoms with Gasteiger partial charge in [-0.2, -0.15) is 0 Å². The van der Waals surface area contributed by atoms with Crippen LogP contribution in [0, 0.1) is 0 Å². The third kappa shape index (κ3) is 3.41. The number of aromatic hydroxyl groups is 1. The number of hydrogen-bond donors (Lipinski definition) is 3. The maximum atomic E-state index is 9.62. The van der Waals surface area contributed by atoms with Crippen LogP contribution >= 0.6 is 11.6 Å². The molecule has 2 heterocycles. The van der Waals surface area contributed by atoms with Gasteiger partial charge in [-0.05, 0) is 49.5 Å². The molecule has 0 aliphatic carbocycles. The first-order valence-electron chi connectivity index (χ1n) is 7.40. The van der Waals surface area contributed by atoms with Crippen molar-refractivity contribution < 1.29 is 5.11 Å². The van der Waals surface area contributed by atoms with E-state index in [1.807, 2.05) is 38.5 Å². The lowest BCUT2D eigenvalue weighted by Gasteiger charge is -2.12. The molecule has 2 aromatic heterocycles. The third-order valence-corrected chi connectivity index (χ3v) is 3.96. The van der Waals surface area contributed by atoms with Crippen molar-refractivity contribution in [1.29, 1.82) is 0 Å². The van der Waals surface area contributed by atoms with E-state index in [0.717, 1.165) is 41.1 Å². The standard InChI is InChI=1S/C17H19ClN4O/c1-22(2)8-7-19-16-10-13(12-5-6-20-17(12)21-16)11-3-4-15(23)14(18)9-11/h3-6,9-10,23H,7-8H2,1-2H3,(H2,19,20,21). The number of benzene rings is 1. The number of hydrogen-bond acceptors (Lipinski definition) is 4. The molecule has 0 amide bonds. The van der Waals surface area contributed by atoms with E-state index in [1.165, 1.54) is 0 Å². The SMILES string of the molecule is CN(C)CCNc1cc(-c2ccc(O)c(Cl)c2)c2cc[nH]c2n1. The molecule has 3 N–H and O–H groups in total. The zero-order valence-electron chi connectivity index (χ0n) is 13.1. The van der Waals surface area contributed by atoms with Gasteiger partial charge in [0.1, 0.15) is 17.2 Å². The molecule has 0 saturated carbocycles. The molecule has 6 heteroatoms. The Morgan fingerprint density at radius 1 is 1.26 bits per heavy atom. The van der Waals surface area contributed by atoms with Crippen LogP contribution in [0.1, 0.15) is 0 Å². The molecule has 3 rings (SSSR count). The topological polar surface area (TPSA) is 64.2 Å². The molecule has 0 unspecified atom stereocenters. The van der Waals surface area contributed by atoms with Crippen molar-refractivity contribution in [2.24, 2.45) is 0 Å². The van der Waals surface area contributed by atoms with Crippen LogP contribution in [0.5, 0.6) is 5.75 Å². The van der Waals surface area contributed by atoms with Crippen LogP contribution in [0.3, 0.4) is 0 Å². The fourth-order valence-electron chi connectivity index (χ4n) is 2.45. The lowest BCUT2D eigenvalue weighted by Crippen LogP contribution is -2.21. The maximum Gasteiger partial charge on any atom is 0.140 e. The number of aromatic amines is 1. The predicted octanol–water partition coefficient (Wildman–Crippen LogP) is 3.56. The van der Waals surface area contributed by atoms with Gasteiger partial charge in [0.15, 0.2) is 0 Å². The van der Waals surface area contributed by atoms with Gasteiger partial charge >= 0.3 is 0 Å². The molecular weight excluding hydrogens is 312 g/mol. The van der Waals surface area contributed by atoms with Gasteiger partial charge in [-0.3, -0.25) is 0 Å². The summed E-state index contributed by atoms with van der Waals surface area (Å²) in [6.45, 7) is 1.73. The fourth-order valence-corrected chi connectivity index (χ4v) is 2.63. The van der Waals surface area contributed by atoms with Crippen molar-refractivity contribution >= 4 is 28.5 Å². The normalized spacial score (nSPS) is 11.3. The first-order valence-corrected chi connectivity index (χ1v) is 7.78. The Morgan fingerprint density at radius 3 is 2.83 bits per heavy atom. The Balaban J connectivity index is 2.00. The Hall–Kier alpha value is -2.24. The minimum atomic E-state index is 0.0825. The van der Waals surface area contributed by atoms with Gasteiger partial charge in [0.05, 0.1) is 5.02 Å². The highest BCUT2D eigenvalue weighted by molar-refractivity contribution is 6.32. The van der Waals surface area contributed by atoms with Gasteiger partial charge in [-0.15, -0.1) is 0 Å². The number of H-pyrrole nitrogens is 1. The second-order valence-corrected chi connectivity index (χ2v) is 6.10. The zero-order chi connectivity index (χ0) is 16.4. The summed E-state index contributed by atoms with van der Waals surface area (Å²) in [5.74, 6) is 0.889. The van der Waals surface area contributed by atoms with E-state index in [9.17, 15) is 5.11 Å². The van der Waals surface area contributed by atoms with Crippen LogP contribution in [0.4, 0.5) is 5.82 Å². The van der Waals surface area contributed by atoms with Crippen molar-refractivity contribution in [2.75, 3.05) is 32.5 Å². The number of pyridine rings is 1. The number of phenolic OH excluding ortho intramolecular Hbond substituents is 1. The van der Waals surface area contributed by atoms with Crippen LogP contribution in [-0.4, -0.2) is 47.2 Å². The predicted molar refractivity (Wildman–Crippen MR) is 95.2 cm³/mol. The average Bonchev–Trinajstić information content (AvgIpc) is 2.97. The van der Waals surface area contributed by atoms with Gasteiger partial charge in [0, 0.05) is 24.7 Å². The molecule has 0 spiro atoms. The summed E-state index contributed by atoms with van der Waals surface area (Å²) < 4.78 is 0. The van der Waals surface area contributed by atoms with Gasteiger partial charge in [-0.25, -0.2) is 4.98 Å². The largest absolute Gasteiger partial charge is 0.506 e. The van der Waals surface area contributed by atoms with Gasteiger partial charge in [0.25, 0.3) is 0 Å². The van der Waals surface area contributed by atoms with Crippen molar-refractivity contribution in [1.82, 2.24) is 14.9 Å². The van der Waals surface area contributed by atoms with E-state index in [1.54, 1.807) is 12.1 Å². The summed E-state index contributed by atoms with van der Waals surface area (Å²) in [5, 5.41) is 14.3. The van der Waals surface area contributed by atoms with E-state index in [2.05, 4.69) is 20.2 Å². The van der Waals surface area contributed by atoms with Gasteiger partial charge in [0.2, 0.25) is 0 Å². The van der Waals surface area contributed by atoms with Gasteiger partial charge in [-0.1, -0.05) is 17.7 Å². The number of rotatable bonds is 5. The van der Waals surface area contributed by atoms with Crippen LogP contribution in [0.2, 0.25) is 5.02 Å². The number of anilines is 1. The Labute approximate surface area is 139 Å². The second kappa shape index (κ2) is 6.48. The van der Waals surface area contributed by atoms with E-state index in [-0.39, 0.29) is 5.75 Å². The first kappa shape index (κ1) is 15.6. The highest BCUT2D eigenvalue weighted by Gasteiger charge is 2.10. The highest BCUT2D eigenvalue weighted by atomic mass is 35.5. The molecular formula is C17H19ClN4O. The smallest absolute Gasteiger partial charge is 0.140 e. The lowest BCUT2D eigenvalue weighted by molar-refractivity contribution is 0.425. The molecule has 5 nitrogen and oxygen atoms in total. The van der Waals surface area contributed by atoms with Crippen LogP contribution in [0.25, 0.3) is 22.2 Å². The quantitative estimate of drug-likeness (QED) is 0.669. The van der Waals surface area contributed by atoms with Crippen molar-refractivity contribution in [3.8, 4) is 16.9 Å². The van der Waals surface area contributed by atoms with Crippen LogP contribution in [0.15, 0.2) is 36.5 Å². The average molecular weight is 331 g/mol. The molecule has 0 aliphatic rings. The Morgan fingerprint density at radius 2 is 2.09 bits per heavy atom. The number of halogens is 1. The number of phenols is 1. The van der Waals surface area contributed by atoms with Crippen LogP contribution in [-0.2, 0) is 0 Å². The minimum absolute atomic E-state index is 0.0825. The molecule has 0 atom stereocenters.